The smallest absolute Gasteiger partial charge is 0.0426 e. The normalized spacial score (nSPS) is 31.5. The third-order valence-electron chi connectivity index (χ3n) is 4.17. The maximum absolute atomic E-state index is 6.06. The average Bonchev–Trinajstić information content (AvgIpc) is 2.70. The quantitative estimate of drug-likeness (QED) is 0.868. The first kappa shape index (κ1) is 11.4. The Kier molecular flexibility index (Phi) is 3.01. The molecule has 2 bridgehead atoms. The maximum atomic E-state index is 6.06. The molecule has 0 saturated carbocycles. The van der Waals surface area contributed by atoms with E-state index in [1.54, 1.807) is 0 Å². The van der Waals surface area contributed by atoms with E-state index >= 15 is 0 Å². The summed E-state index contributed by atoms with van der Waals surface area (Å²) < 4.78 is 0. The van der Waals surface area contributed by atoms with Gasteiger partial charge in [-0.3, -0.25) is 0 Å². The fourth-order valence-corrected chi connectivity index (χ4v) is 3.26. The molecule has 2 heterocycles. The number of aryl methyl sites for hydroxylation is 1. The highest BCUT2D eigenvalue weighted by atomic mass is 35.5. The van der Waals surface area contributed by atoms with E-state index < -0.39 is 0 Å². The van der Waals surface area contributed by atoms with Crippen LogP contribution >= 0.6 is 11.6 Å². The Bertz CT molecular complexity index is 419. The molecular formula is C14H19ClN2. The summed E-state index contributed by atoms with van der Waals surface area (Å²) in [6.07, 6.45) is 2.61. The lowest BCUT2D eigenvalue weighted by Gasteiger charge is -2.32. The van der Waals surface area contributed by atoms with Crippen molar-refractivity contribution in [1.29, 1.82) is 0 Å². The Morgan fingerprint density at radius 2 is 2.12 bits per heavy atom. The van der Waals surface area contributed by atoms with Crippen LogP contribution < -0.4 is 5.32 Å². The van der Waals surface area contributed by atoms with Gasteiger partial charge < -0.3 is 10.2 Å². The highest BCUT2D eigenvalue weighted by Crippen LogP contribution is 2.31. The van der Waals surface area contributed by atoms with Crippen molar-refractivity contribution >= 4 is 17.3 Å². The maximum Gasteiger partial charge on any atom is 0.0426 e. The zero-order valence-electron chi connectivity index (χ0n) is 10.2. The summed E-state index contributed by atoms with van der Waals surface area (Å²) >= 11 is 6.06. The lowest BCUT2D eigenvalue weighted by Crippen LogP contribution is -2.39. The van der Waals surface area contributed by atoms with Crippen LogP contribution in [0.4, 0.5) is 5.69 Å². The molecule has 2 saturated heterocycles. The molecule has 92 valence electrons. The van der Waals surface area contributed by atoms with Gasteiger partial charge in [0, 0.05) is 29.8 Å². The molecule has 3 atom stereocenters. The molecule has 0 radical (unpaired) electrons. The van der Waals surface area contributed by atoms with E-state index in [4.69, 9.17) is 11.6 Å². The highest BCUT2D eigenvalue weighted by Gasteiger charge is 2.34. The Balaban J connectivity index is 1.75. The summed E-state index contributed by atoms with van der Waals surface area (Å²) in [6.45, 7) is 5.95. The first-order valence-corrected chi connectivity index (χ1v) is 6.85. The molecule has 2 fully saturated rings. The average molecular weight is 251 g/mol. The molecule has 1 aromatic rings. The van der Waals surface area contributed by atoms with E-state index in [0.29, 0.717) is 6.04 Å². The van der Waals surface area contributed by atoms with Gasteiger partial charge in [-0.1, -0.05) is 17.7 Å². The molecule has 0 spiro atoms. The van der Waals surface area contributed by atoms with Crippen molar-refractivity contribution in [3.05, 3.63) is 28.8 Å². The second kappa shape index (κ2) is 4.51. The molecular weight excluding hydrogens is 232 g/mol. The van der Waals surface area contributed by atoms with E-state index in [2.05, 4.69) is 29.3 Å². The first-order chi connectivity index (χ1) is 8.22. The van der Waals surface area contributed by atoms with Crippen LogP contribution in [0.3, 0.4) is 0 Å². The molecule has 3 heteroatoms. The monoisotopic (exact) mass is 250 g/mol. The summed E-state index contributed by atoms with van der Waals surface area (Å²) in [6, 6.07) is 6.73. The van der Waals surface area contributed by atoms with Crippen molar-refractivity contribution < 1.29 is 0 Å². The van der Waals surface area contributed by atoms with Gasteiger partial charge in [-0.15, -0.1) is 0 Å². The Hall–Kier alpha value is -0.730. The molecule has 3 unspecified atom stereocenters. The van der Waals surface area contributed by atoms with Crippen LogP contribution in [0.25, 0.3) is 0 Å². The highest BCUT2D eigenvalue weighted by molar-refractivity contribution is 6.30. The van der Waals surface area contributed by atoms with Crippen molar-refractivity contribution in [2.75, 3.05) is 25.0 Å². The lowest BCUT2D eigenvalue weighted by atomic mass is 9.93. The van der Waals surface area contributed by atoms with Crippen molar-refractivity contribution in [1.82, 2.24) is 4.90 Å². The van der Waals surface area contributed by atoms with Gasteiger partial charge in [-0.25, -0.2) is 0 Å². The van der Waals surface area contributed by atoms with Crippen LogP contribution in [-0.2, 0) is 0 Å². The van der Waals surface area contributed by atoms with Gasteiger partial charge in [0.1, 0.15) is 0 Å². The van der Waals surface area contributed by atoms with Gasteiger partial charge in [-0.2, -0.15) is 0 Å². The Morgan fingerprint density at radius 1 is 1.29 bits per heavy atom. The second-order valence-electron chi connectivity index (χ2n) is 5.35. The summed E-state index contributed by atoms with van der Waals surface area (Å²) in [4.78, 5) is 2.58. The summed E-state index contributed by atoms with van der Waals surface area (Å²) in [7, 11) is 0. The molecule has 2 nitrogen and oxygen atoms in total. The topological polar surface area (TPSA) is 15.3 Å². The van der Waals surface area contributed by atoms with Gasteiger partial charge in [0.05, 0.1) is 0 Å². The number of rotatable bonds is 2. The zero-order valence-corrected chi connectivity index (χ0v) is 11.0. The van der Waals surface area contributed by atoms with Crippen LogP contribution in [0, 0.1) is 12.8 Å². The third-order valence-corrected chi connectivity index (χ3v) is 4.41. The molecule has 1 aromatic carbocycles. The number of piperidine rings is 1. The molecule has 2 aliphatic rings. The van der Waals surface area contributed by atoms with E-state index in [-0.39, 0.29) is 0 Å². The first-order valence-electron chi connectivity index (χ1n) is 6.47. The number of hydrogen-bond acceptors (Lipinski definition) is 2. The minimum Gasteiger partial charge on any atom is -0.382 e. The van der Waals surface area contributed by atoms with Crippen LogP contribution in [0.5, 0.6) is 0 Å². The number of anilines is 1. The van der Waals surface area contributed by atoms with Crippen molar-refractivity contribution in [2.45, 2.75) is 25.8 Å². The fourth-order valence-electron chi connectivity index (χ4n) is 3.09. The molecule has 0 amide bonds. The van der Waals surface area contributed by atoms with E-state index in [9.17, 15) is 0 Å². The van der Waals surface area contributed by atoms with Crippen molar-refractivity contribution in [3.63, 3.8) is 0 Å². The number of nitrogens with zero attached hydrogens (tertiary/aromatic N) is 1. The van der Waals surface area contributed by atoms with Gasteiger partial charge in [0.15, 0.2) is 0 Å². The largest absolute Gasteiger partial charge is 0.382 e. The summed E-state index contributed by atoms with van der Waals surface area (Å²) in [5.74, 6) is 0.821. The summed E-state index contributed by atoms with van der Waals surface area (Å²) in [5, 5.41) is 4.53. The predicted octanol–water partition coefficient (Wildman–Crippen LogP) is 3.15. The number of nitrogens with one attached hydrogen (secondary N) is 1. The van der Waals surface area contributed by atoms with Gasteiger partial charge in [-0.05, 0) is 49.9 Å². The molecule has 2 aliphatic heterocycles. The van der Waals surface area contributed by atoms with Crippen molar-refractivity contribution in [2.24, 2.45) is 5.92 Å². The van der Waals surface area contributed by atoms with E-state index in [1.807, 2.05) is 6.07 Å². The van der Waals surface area contributed by atoms with Gasteiger partial charge in [0.25, 0.3) is 0 Å². The summed E-state index contributed by atoms with van der Waals surface area (Å²) in [5.41, 5.74) is 2.50. The van der Waals surface area contributed by atoms with Gasteiger partial charge in [0.2, 0.25) is 0 Å². The molecule has 0 aliphatic carbocycles. The van der Waals surface area contributed by atoms with Crippen LogP contribution in [0.2, 0.25) is 5.02 Å². The minimum absolute atomic E-state index is 0.630. The Labute approximate surface area is 108 Å². The second-order valence-corrected chi connectivity index (χ2v) is 5.78. The number of fused-ring (bicyclic) bond motifs is 2. The van der Waals surface area contributed by atoms with E-state index in [0.717, 1.165) is 10.9 Å². The number of halogens is 1. The van der Waals surface area contributed by atoms with Gasteiger partial charge >= 0.3 is 0 Å². The van der Waals surface area contributed by atoms with Crippen LogP contribution in [0.1, 0.15) is 18.4 Å². The molecule has 3 rings (SSSR count). The Morgan fingerprint density at radius 3 is 3.00 bits per heavy atom. The lowest BCUT2D eigenvalue weighted by molar-refractivity contribution is 0.255. The molecule has 0 aromatic heterocycles. The van der Waals surface area contributed by atoms with E-state index in [1.165, 1.54) is 43.7 Å². The predicted molar refractivity (Wildman–Crippen MR) is 72.8 cm³/mol. The number of hydrogen-bond donors (Lipinski definition) is 1. The molecule has 17 heavy (non-hydrogen) atoms. The van der Waals surface area contributed by atoms with Crippen molar-refractivity contribution in [3.8, 4) is 0 Å². The van der Waals surface area contributed by atoms with Crippen LogP contribution in [0.15, 0.2) is 18.2 Å². The SMILES string of the molecule is Cc1ccc(Cl)cc1NC1CCN2CCC1C2. The zero-order chi connectivity index (χ0) is 11.8. The van der Waals surface area contributed by atoms with Crippen LogP contribution in [-0.4, -0.2) is 30.6 Å². The fraction of sp³-hybridized carbons (Fsp3) is 0.571. The standard InChI is InChI=1S/C14H19ClN2/c1-10-2-3-12(15)8-14(10)16-13-5-7-17-6-4-11(13)9-17/h2-3,8,11,13,16H,4-7,9H2,1H3. The molecule has 1 N–H and O–H groups in total. The third kappa shape index (κ3) is 2.29. The number of benzene rings is 1. The minimum atomic E-state index is 0.630.